The topological polar surface area (TPSA) is 75.7 Å². The van der Waals surface area contributed by atoms with Crippen molar-refractivity contribution in [3.8, 4) is 5.75 Å². The second-order valence-corrected chi connectivity index (χ2v) is 7.55. The summed E-state index contributed by atoms with van der Waals surface area (Å²) in [6, 6.07) is 23.2. The smallest absolute Gasteiger partial charge is 0.262 e. The number of ether oxygens (including phenoxy) is 1. The Hall–Kier alpha value is -3.58. The SMILES string of the molecule is O=C(COc1ccccc1)Nc1ccc(SCN2C(=O)c3ccccc3C2=O)cc1. The monoisotopic (exact) mass is 418 g/mol. The molecule has 0 spiro atoms. The Morgan fingerprint density at radius 2 is 1.43 bits per heavy atom. The number of amides is 3. The van der Waals surface area contributed by atoms with Gasteiger partial charge in [-0.1, -0.05) is 30.3 Å². The maximum Gasteiger partial charge on any atom is 0.262 e. The Bertz CT molecular complexity index is 1050. The van der Waals surface area contributed by atoms with Crippen LogP contribution in [-0.2, 0) is 4.79 Å². The summed E-state index contributed by atoms with van der Waals surface area (Å²) < 4.78 is 5.42. The van der Waals surface area contributed by atoms with Crippen molar-refractivity contribution in [1.29, 1.82) is 0 Å². The van der Waals surface area contributed by atoms with Gasteiger partial charge in [0.15, 0.2) is 6.61 Å². The summed E-state index contributed by atoms with van der Waals surface area (Å²) in [5.41, 5.74) is 1.53. The molecule has 0 unspecified atom stereocenters. The Balaban J connectivity index is 1.28. The molecule has 0 saturated carbocycles. The molecular formula is C23H18N2O4S. The van der Waals surface area contributed by atoms with Gasteiger partial charge in [0, 0.05) is 10.6 Å². The lowest BCUT2D eigenvalue weighted by molar-refractivity contribution is -0.118. The van der Waals surface area contributed by atoms with E-state index in [1.807, 2.05) is 30.3 Å². The van der Waals surface area contributed by atoms with Gasteiger partial charge in [0.25, 0.3) is 17.7 Å². The Kier molecular flexibility index (Phi) is 5.81. The fourth-order valence-electron chi connectivity index (χ4n) is 2.99. The number of nitrogens with zero attached hydrogens (tertiary/aromatic N) is 1. The fraction of sp³-hybridized carbons (Fsp3) is 0.0870. The number of carbonyl (C=O) groups excluding carboxylic acids is 3. The first-order chi connectivity index (χ1) is 14.6. The van der Waals surface area contributed by atoms with Crippen LogP contribution in [0.2, 0.25) is 0 Å². The molecule has 0 aliphatic carbocycles. The van der Waals surface area contributed by atoms with E-state index in [-0.39, 0.29) is 30.2 Å². The predicted octanol–water partition coefficient (Wildman–Crippen LogP) is 4.05. The first-order valence-corrected chi connectivity index (χ1v) is 10.3. The molecule has 6 nitrogen and oxygen atoms in total. The fourth-order valence-corrected chi connectivity index (χ4v) is 3.83. The van der Waals surface area contributed by atoms with Crippen molar-refractivity contribution in [2.24, 2.45) is 0 Å². The molecule has 0 radical (unpaired) electrons. The van der Waals surface area contributed by atoms with Gasteiger partial charge in [0.05, 0.1) is 17.0 Å². The van der Waals surface area contributed by atoms with Crippen LogP contribution in [0.5, 0.6) is 5.75 Å². The normalized spacial score (nSPS) is 12.6. The van der Waals surface area contributed by atoms with Gasteiger partial charge in [0.1, 0.15) is 5.75 Å². The van der Waals surface area contributed by atoms with Crippen LogP contribution in [0.3, 0.4) is 0 Å². The van der Waals surface area contributed by atoms with E-state index in [9.17, 15) is 14.4 Å². The number of thioether (sulfide) groups is 1. The molecule has 3 amide bonds. The van der Waals surface area contributed by atoms with E-state index in [0.29, 0.717) is 22.6 Å². The molecule has 30 heavy (non-hydrogen) atoms. The number of hydrogen-bond donors (Lipinski definition) is 1. The third-order valence-corrected chi connectivity index (χ3v) is 5.48. The summed E-state index contributed by atoms with van der Waals surface area (Å²) in [5.74, 6) is 0.0526. The molecule has 0 atom stereocenters. The second kappa shape index (κ2) is 8.84. The number of nitrogens with one attached hydrogen (secondary N) is 1. The minimum atomic E-state index is -0.273. The van der Waals surface area contributed by atoms with E-state index in [4.69, 9.17) is 4.74 Å². The molecule has 0 bridgehead atoms. The van der Waals surface area contributed by atoms with E-state index in [1.165, 1.54) is 16.7 Å². The van der Waals surface area contributed by atoms with Gasteiger partial charge in [-0.25, -0.2) is 0 Å². The van der Waals surface area contributed by atoms with Gasteiger partial charge < -0.3 is 10.1 Å². The number of fused-ring (bicyclic) bond motifs is 1. The van der Waals surface area contributed by atoms with Crippen molar-refractivity contribution in [1.82, 2.24) is 4.90 Å². The zero-order valence-electron chi connectivity index (χ0n) is 15.9. The minimum absolute atomic E-state index is 0.0831. The number of hydrogen-bond acceptors (Lipinski definition) is 5. The molecule has 1 heterocycles. The van der Waals surface area contributed by atoms with Crippen LogP contribution in [0, 0.1) is 0 Å². The van der Waals surface area contributed by atoms with Crippen LogP contribution in [0.4, 0.5) is 5.69 Å². The standard InChI is InChI=1S/C23H18N2O4S/c26-21(14-29-17-6-2-1-3-7-17)24-16-10-12-18(13-11-16)30-15-25-22(27)19-8-4-5-9-20(19)23(25)28/h1-13H,14-15H2,(H,24,26). The van der Waals surface area contributed by atoms with Crippen LogP contribution in [-0.4, -0.2) is 35.1 Å². The third kappa shape index (κ3) is 4.36. The number of anilines is 1. The van der Waals surface area contributed by atoms with Gasteiger partial charge in [-0.3, -0.25) is 19.3 Å². The summed E-state index contributed by atoms with van der Waals surface area (Å²) in [4.78, 5) is 38.9. The van der Waals surface area contributed by atoms with E-state index < -0.39 is 0 Å². The number of benzene rings is 3. The average molecular weight is 418 g/mol. The maximum atomic E-state index is 12.4. The average Bonchev–Trinajstić information content (AvgIpc) is 3.03. The van der Waals surface area contributed by atoms with Crippen molar-refractivity contribution >= 4 is 35.2 Å². The molecule has 3 aromatic rings. The Morgan fingerprint density at radius 3 is 2.07 bits per heavy atom. The van der Waals surface area contributed by atoms with Crippen LogP contribution in [0.1, 0.15) is 20.7 Å². The molecule has 1 aliphatic rings. The highest BCUT2D eigenvalue weighted by Crippen LogP contribution is 2.27. The van der Waals surface area contributed by atoms with Crippen molar-refractivity contribution in [3.05, 3.63) is 90.0 Å². The van der Waals surface area contributed by atoms with Gasteiger partial charge in [0.2, 0.25) is 0 Å². The van der Waals surface area contributed by atoms with Gasteiger partial charge in [-0.2, -0.15) is 0 Å². The molecule has 7 heteroatoms. The highest BCUT2D eigenvalue weighted by atomic mass is 32.2. The van der Waals surface area contributed by atoms with Crippen molar-refractivity contribution < 1.29 is 19.1 Å². The lowest BCUT2D eigenvalue weighted by atomic mass is 10.1. The molecule has 0 aromatic heterocycles. The lowest BCUT2D eigenvalue weighted by Crippen LogP contribution is -2.29. The largest absolute Gasteiger partial charge is 0.484 e. The maximum absolute atomic E-state index is 12.4. The van der Waals surface area contributed by atoms with Crippen LogP contribution >= 0.6 is 11.8 Å². The van der Waals surface area contributed by atoms with E-state index in [1.54, 1.807) is 48.5 Å². The van der Waals surface area contributed by atoms with E-state index in [2.05, 4.69) is 5.32 Å². The molecule has 150 valence electrons. The third-order valence-electron chi connectivity index (χ3n) is 4.49. The molecular weight excluding hydrogens is 400 g/mol. The molecule has 1 N–H and O–H groups in total. The summed E-state index contributed by atoms with van der Waals surface area (Å²) in [6.07, 6.45) is 0. The van der Waals surface area contributed by atoms with Crippen molar-refractivity contribution in [2.75, 3.05) is 17.8 Å². The molecule has 4 rings (SSSR count). The Labute approximate surface area is 177 Å². The first kappa shape index (κ1) is 19.7. The number of para-hydroxylation sites is 1. The summed E-state index contributed by atoms with van der Waals surface area (Å²) >= 11 is 1.38. The quantitative estimate of drug-likeness (QED) is 0.463. The summed E-state index contributed by atoms with van der Waals surface area (Å²) in [5, 5.41) is 2.77. The molecule has 3 aromatic carbocycles. The van der Waals surface area contributed by atoms with Gasteiger partial charge in [-0.15, -0.1) is 11.8 Å². The zero-order chi connectivity index (χ0) is 20.9. The summed E-state index contributed by atoms with van der Waals surface area (Å²) in [7, 11) is 0. The van der Waals surface area contributed by atoms with E-state index in [0.717, 1.165) is 4.90 Å². The van der Waals surface area contributed by atoms with Gasteiger partial charge in [-0.05, 0) is 48.5 Å². The first-order valence-electron chi connectivity index (χ1n) is 9.27. The highest BCUT2D eigenvalue weighted by molar-refractivity contribution is 7.99. The number of carbonyl (C=O) groups is 3. The van der Waals surface area contributed by atoms with Gasteiger partial charge >= 0.3 is 0 Å². The number of rotatable bonds is 7. The minimum Gasteiger partial charge on any atom is -0.484 e. The Morgan fingerprint density at radius 1 is 0.833 bits per heavy atom. The molecule has 1 aliphatic heterocycles. The van der Waals surface area contributed by atoms with Crippen LogP contribution < -0.4 is 10.1 Å². The van der Waals surface area contributed by atoms with Crippen molar-refractivity contribution in [3.63, 3.8) is 0 Å². The molecule has 0 fully saturated rings. The highest BCUT2D eigenvalue weighted by Gasteiger charge is 2.34. The van der Waals surface area contributed by atoms with Crippen molar-refractivity contribution in [2.45, 2.75) is 4.90 Å². The van der Waals surface area contributed by atoms with Crippen LogP contribution in [0.25, 0.3) is 0 Å². The zero-order valence-corrected chi connectivity index (χ0v) is 16.7. The predicted molar refractivity (Wildman–Crippen MR) is 115 cm³/mol. The molecule has 0 saturated heterocycles. The number of imide groups is 1. The summed E-state index contributed by atoms with van der Waals surface area (Å²) in [6.45, 7) is -0.0831. The van der Waals surface area contributed by atoms with E-state index >= 15 is 0 Å². The lowest BCUT2D eigenvalue weighted by Gasteiger charge is -2.13. The second-order valence-electron chi connectivity index (χ2n) is 6.53. The van der Waals surface area contributed by atoms with Crippen LogP contribution in [0.15, 0.2) is 83.8 Å².